The van der Waals surface area contributed by atoms with Crippen LogP contribution >= 0.6 is 0 Å². The molecule has 1 N–H and O–H groups in total. The van der Waals surface area contributed by atoms with Gasteiger partial charge in [-0.25, -0.2) is 4.39 Å². The quantitative estimate of drug-likeness (QED) is 0.704. The van der Waals surface area contributed by atoms with E-state index in [1.54, 1.807) is 0 Å². The van der Waals surface area contributed by atoms with Crippen LogP contribution in [0.1, 0.15) is 31.7 Å². The summed E-state index contributed by atoms with van der Waals surface area (Å²) in [6.07, 6.45) is 0.965. The Balaban J connectivity index is 2.57. The number of nitrogens with one attached hydrogen (secondary N) is 1. The molecule has 0 aliphatic carbocycles. The largest absolute Gasteiger partial charge is 0.382 e. The Bertz CT molecular complexity index is 300. The van der Waals surface area contributed by atoms with Gasteiger partial charge in [-0.3, -0.25) is 0 Å². The van der Waals surface area contributed by atoms with Gasteiger partial charge in [0.1, 0.15) is 5.82 Å². The third-order valence-electron chi connectivity index (χ3n) is 2.80. The monoisotopic (exact) mass is 239 g/mol. The van der Waals surface area contributed by atoms with Gasteiger partial charge in [-0.2, -0.15) is 0 Å². The summed E-state index contributed by atoms with van der Waals surface area (Å²) in [5.74, 6) is 0.211. The van der Waals surface area contributed by atoms with E-state index in [0.29, 0.717) is 5.92 Å². The Labute approximate surface area is 103 Å². The zero-order valence-electron chi connectivity index (χ0n) is 10.7. The highest BCUT2D eigenvalue weighted by molar-refractivity contribution is 5.20. The zero-order valence-corrected chi connectivity index (χ0v) is 10.7. The number of hydrogen-bond donors (Lipinski definition) is 1. The SMILES string of the molecule is CCNCC(CCOCC)c1ccc(F)cc1. The fourth-order valence-electron chi connectivity index (χ4n) is 1.81. The number of ether oxygens (including phenoxy) is 1. The van der Waals surface area contributed by atoms with Gasteiger partial charge in [0.05, 0.1) is 0 Å². The maximum absolute atomic E-state index is 12.9. The average Bonchev–Trinajstić information content (AvgIpc) is 2.35. The zero-order chi connectivity index (χ0) is 12.5. The molecule has 3 heteroatoms. The van der Waals surface area contributed by atoms with Gasteiger partial charge in [-0.05, 0) is 43.5 Å². The summed E-state index contributed by atoms with van der Waals surface area (Å²) in [5.41, 5.74) is 1.17. The first-order valence-electron chi connectivity index (χ1n) is 6.31. The summed E-state index contributed by atoms with van der Waals surface area (Å²) in [4.78, 5) is 0. The van der Waals surface area contributed by atoms with Crippen molar-refractivity contribution in [1.29, 1.82) is 0 Å². The Morgan fingerprint density at radius 3 is 2.53 bits per heavy atom. The molecule has 0 amide bonds. The lowest BCUT2D eigenvalue weighted by atomic mass is 9.96. The number of halogens is 1. The Morgan fingerprint density at radius 1 is 1.24 bits per heavy atom. The number of rotatable bonds is 8. The predicted molar refractivity (Wildman–Crippen MR) is 68.8 cm³/mol. The molecule has 0 aromatic heterocycles. The molecule has 0 spiro atoms. The first kappa shape index (κ1) is 14.1. The molecule has 2 nitrogen and oxygen atoms in total. The van der Waals surface area contributed by atoms with E-state index >= 15 is 0 Å². The van der Waals surface area contributed by atoms with E-state index in [1.165, 1.54) is 17.7 Å². The van der Waals surface area contributed by atoms with Gasteiger partial charge in [0.15, 0.2) is 0 Å². The van der Waals surface area contributed by atoms with Gasteiger partial charge < -0.3 is 10.1 Å². The van der Waals surface area contributed by atoms with Crippen LogP contribution in [0.3, 0.4) is 0 Å². The Kier molecular flexibility index (Phi) is 6.82. The van der Waals surface area contributed by atoms with E-state index < -0.39 is 0 Å². The van der Waals surface area contributed by atoms with Crippen LogP contribution in [0, 0.1) is 5.82 Å². The molecule has 0 heterocycles. The van der Waals surface area contributed by atoms with Crippen molar-refractivity contribution in [3.63, 3.8) is 0 Å². The highest BCUT2D eigenvalue weighted by atomic mass is 19.1. The van der Waals surface area contributed by atoms with Crippen LogP contribution in [-0.2, 0) is 4.74 Å². The lowest BCUT2D eigenvalue weighted by Gasteiger charge is -2.17. The highest BCUT2D eigenvalue weighted by Gasteiger charge is 2.10. The Morgan fingerprint density at radius 2 is 1.94 bits per heavy atom. The molecule has 1 unspecified atom stereocenters. The van der Waals surface area contributed by atoms with Crippen LogP contribution in [0.2, 0.25) is 0 Å². The molecule has 0 aliphatic heterocycles. The average molecular weight is 239 g/mol. The molecule has 1 aromatic carbocycles. The standard InChI is InChI=1S/C14H22FNO/c1-3-16-11-13(9-10-17-4-2)12-5-7-14(15)8-6-12/h5-8,13,16H,3-4,9-11H2,1-2H3. The van der Waals surface area contributed by atoms with Gasteiger partial charge in [-0.15, -0.1) is 0 Å². The van der Waals surface area contributed by atoms with E-state index in [4.69, 9.17) is 4.74 Å². The molecule has 0 aliphatic rings. The van der Waals surface area contributed by atoms with E-state index in [1.807, 2.05) is 19.1 Å². The second-order valence-electron chi connectivity index (χ2n) is 4.04. The van der Waals surface area contributed by atoms with Crippen molar-refractivity contribution in [3.05, 3.63) is 35.6 Å². The van der Waals surface area contributed by atoms with Gasteiger partial charge in [0.2, 0.25) is 0 Å². The van der Waals surface area contributed by atoms with Crippen LogP contribution in [0.4, 0.5) is 4.39 Å². The minimum atomic E-state index is -0.180. The van der Waals surface area contributed by atoms with Crippen molar-refractivity contribution in [2.45, 2.75) is 26.2 Å². The van der Waals surface area contributed by atoms with Crippen molar-refractivity contribution in [3.8, 4) is 0 Å². The number of hydrogen-bond acceptors (Lipinski definition) is 2. The van der Waals surface area contributed by atoms with Crippen LogP contribution in [0.15, 0.2) is 24.3 Å². The molecule has 1 aromatic rings. The maximum atomic E-state index is 12.9. The molecule has 0 bridgehead atoms. The van der Waals surface area contributed by atoms with Crippen molar-refractivity contribution in [1.82, 2.24) is 5.32 Å². The highest BCUT2D eigenvalue weighted by Crippen LogP contribution is 2.19. The van der Waals surface area contributed by atoms with Crippen molar-refractivity contribution >= 4 is 0 Å². The van der Waals surface area contributed by atoms with E-state index in [2.05, 4.69) is 12.2 Å². The Hall–Kier alpha value is -0.930. The minimum absolute atomic E-state index is 0.180. The van der Waals surface area contributed by atoms with Crippen LogP contribution in [-0.4, -0.2) is 26.3 Å². The molecule has 0 saturated heterocycles. The summed E-state index contributed by atoms with van der Waals surface area (Å²) in [7, 11) is 0. The van der Waals surface area contributed by atoms with E-state index in [-0.39, 0.29) is 5.82 Å². The smallest absolute Gasteiger partial charge is 0.123 e. The van der Waals surface area contributed by atoms with Gasteiger partial charge in [0, 0.05) is 19.8 Å². The third kappa shape index (κ3) is 5.29. The molecule has 0 fully saturated rings. The fraction of sp³-hybridized carbons (Fsp3) is 0.571. The van der Waals surface area contributed by atoms with E-state index in [0.717, 1.165) is 32.7 Å². The number of likely N-dealkylation sites (N-methyl/N-ethyl adjacent to an activating group) is 1. The van der Waals surface area contributed by atoms with Crippen LogP contribution in [0.5, 0.6) is 0 Å². The summed E-state index contributed by atoms with van der Waals surface area (Å²) in [6, 6.07) is 6.77. The molecule has 0 saturated carbocycles. The molecule has 17 heavy (non-hydrogen) atoms. The summed E-state index contributed by atoms with van der Waals surface area (Å²) >= 11 is 0. The second kappa shape index (κ2) is 8.20. The van der Waals surface area contributed by atoms with Crippen molar-refractivity contribution in [2.75, 3.05) is 26.3 Å². The van der Waals surface area contributed by atoms with Gasteiger partial charge in [0.25, 0.3) is 0 Å². The molecule has 1 atom stereocenters. The van der Waals surface area contributed by atoms with E-state index in [9.17, 15) is 4.39 Å². The van der Waals surface area contributed by atoms with Gasteiger partial charge in [-0.1, -0.05) is 19.1 Å². The normalized spacial score (nSPS) is 12.6. The maximum Gasteiger partial charge on any atom is 0.123 e. The molecule has 0 radical (unpaired) electrons. The summed E-state index contributed by atoms with van der Waals surface area (Å²) in [6.45, 7) is 7.45. The number of benzene rings is 1. The minimum Gasteiger partial charge on any atom is -0.382 e. The van der Waals surface area contributed by atoms with Crippen LogP contribution in [0.25, 0.3) is 0 Å². The lowest BCUT2D eigenvalue weighted by Crippen LogP contribution is -2.22. The van der Waals surface area contributed by atoms with Crippen molar-refractivity contribution < 1.29 is 9.13 Å². The molecule has 96 valence electrons. The lowest BCUT2D eigenvalue weighted by molar-refractivity contribution is 0.139. The first-order valence-corrected chi connectivity index (χ1v) is 6.31. The summed E-state index contributed by atoms with van der Waals surface area (Å²) < 4.78 is 18.3. The summed E-state index contributed by atoms with van der Waals surface area (Å²) in [5, 5.41) is 3.34. The van der Waals surface area contributed by atoms with Crippen LogP contribution < -0.4 is 5.32 Å². The van der Waals surface area contributed by atoms with Crippen molar-refractivity contribution in [2.24, 2.45) is 0 Å². The fourth-order valence-corrected chi connectivity index (χ4v) is 1.81. The predicted octanol–water partition coefficient (Wildman–Crippen LogP) is 2.95. The second-order valence-corrected chi connectivity index (χ2v) is 4.04. The van der Waals surface area contributed by atoms with Gasteiger partial charge >= 0.3 is 0 Å². The molecular weight excluding hydrogens is 217 g/mol. The first-order chi connectivity index (χ1) is 8.27. The topological polar surface area (TPSA) is 21.3 Å². The third-order valence-corrected chi connectivity index (χ3v) is 2.80. The molecular formula is C14H22FNO. The molecule has 1 rings (SSSR count).